The van der Waals surface area contributed by atoms with Crippen LogP contribution in [-0.4, -0.2) is 82.8 Å². The highest BCUT2D eigenvalue weighted by atomic mass is 32.2. The Kier molecular flexibility index (Phi) is 4.94. The predicted molar refractivity (Wildman–Crippen MR) is 118 cm³/mol. The molecule has 0 radical (unpaired) electrons. The molecule has 4 aliphatic rings. The van der Waals surface area contributed by atoms with Crippen LogP contribution >= 0.6 is 0 Å². The number of aliphatic hydroxyl groups excluding tert-OH is 1. The van der Waals surface area contributed by atoms with Gasteiger partial charge < -0.3 is 19.5 Å². The smallest absolute Gasteiger partial charge is 0.258 e. The number of amides is 1. The van der Waals surface area contributed by atoms with Gasteiger partial charge in [0, 0.05) is 50.9 Å². The van der Waals surface area contributed by atoms with Gasteiger partial charge in [-0.1, -0.05) is 0 Å². The lowest BCUT2D eigenvalue weighted by molar-refractivity contribution is -0.139. The number of aryl methyl sites for hydroxylation is 1. The van der Waals surface area contributed by atoms with Crippen molar-refractivity contribution in [3.63, 3.8) is 0 Å². The molecule has 34 heavy (non-hydrogen) atoms. The van der Waals surface area contributed by atoms with Gasteiger partial charge in [0.15, 0.2) is 11.9 Å². The summed E-state index contributed by atoms with van der Waals surface area (Å²) in [6.07, 6.45) is 2.16. The van der Waals surface area contributed by atoms with Crippen molar-refractivity contribution >= 4 is 15.9 Å². The van der Waals surface area contributed by atoms with Crippen molar-refractivity contribution in [1.29, 1.82) is 0 Å². The van der Waals surface area contributed by atoms with E-state index in [0.29, 0.717) is 43.7 Å². The largest absolute Gasteiger partial charge is 0.484 e. The number of pyridine rings is 1. The van der Waals surface area contributed by atoms with Gasteiger partial charge in [-0.15, -0.1) is 0 Å². The van der Waals surface area contributed by atoms with Crippen molar-refractivity contribution < 1.29 is 27.8 Å². The van der Waals surface area contributed by atoms with Gasteiger partial charge in [-0.3, -0.25) is 9.48 Å². The van der Waals surface area contributed by atoms with Gasteiger partial charge in [0.2, 0.25) is 10.0 Å². The number of carbonyl (C=O) groups excluding carboxylic acids is 1. The van der Waals surface area contributed by atoms with Crippen LogP contribution in [0.15, 0.2) is 34.4 Å². The van der Waals surface area contributed by atoms with Crippen LogP contribution in [-0.2, 0) is 21.9 Å². The fourth-order valence-electron chi connectivity index (χ4n) is 4.78. The number of sulfonamides is 1. The Balaban J connectivity index is 1.12. The third kappa shape index (κ3) is 3.56. The number of rotatable bonds is 5. The monoisotopic (exact) mass is 487 g/mol. The van der Waals surface area contributed by atoms with E-state index in [1.807, 2.05) is 13.1 Å². The van der Waals surface area contributed by atoms with E-state index in [1.54, 1.807) is 9.58 Å². The molecule has 0 spiro atoms. The van der Waals surface area contributed by atoms with Crippen LogP contribution in [0.3, 0.4) is 0 Å². The zero-order chi connectivity index (χ0) is 23.6. The van der Waals surface area contributed by atoms with Gasteiger partial charge in [0.05, 0.1) is 6.20 Å². The predicted octanol–water partition coefficient (Wildman–Crippen LogP) is 0.340. The number of nitrogens with zero attached hydrogens (tertiary/aromatic N) is 5. The molecule has 0 saturated heterocycles. The first-order chi connectivity index (χ1) is 16.3. The summed E-state index contributed by atoms with van der Waals surface area (Å²) < 4.78 is 40.3. The molecule has 0 bridgehead atoms. The fraction of sp³-hybridized carbons (Fsp3) is 0.500. The van der Waals surface area contributed by atoms with Crippen LogP contribution < -0.4 is 9.47 Å². The van der Waals surface area contributed by atoms with E-state index in [1.165, 1.54) is 16.6 Å². The minimum atomic E-state index is -3.79. The summed E-state index contributed by atoms with van der Waals surface area (Å²) in [5.74, 6) is 0.651. The van der Waals surface area contributed by atoms with Gasteiger partial charge in [0.25, 0.3) is 11.8 Å². The molecule has 180 valence electrons. The van der Waals surface area contributed by atoms with Crippen molar-refractivity contribution in [2.75, 3.05) is 39.4 Å². The molecule has 2 aromatic heterocycles. The number of hydrogen-bond acceptors (Lipinski definition) is 8. The van der Waals surface area contributed by atoms with E-state index < -0.39 is 22.0 Å². The van der Waals surface area contributed by atoms with Crippen LogP contribution in [0.2, 0.25) is 0 Å². The molecule has 1 unspecified atom stereocenters. The van der Waals surface area contributed by atoms with Crippen LogP contribution in [0, 0.1) is 0 Å². The van der Waals surface area contributed by atoms with Gasteiger partial charge in [-0.25, -0.2) is 13.4 Å². The molecular formula is C22H25N5O6S. The van der Waals surface area contributed by atoms with Crippen LogP contribution in [0.5, 0.6) is 11.6 Å². The van der Waals surface area contributed by atoms with Crippen molar-refractivity contribution in [3.05, 3.63) is 40.9 Å². The molecular weight excluding hydrogens is 462 g/mol. The first-order valence-electron chi connectivity index (χ1n) is 11.3. The molecule has 1 amide bonds. The third-order valence-electron chi connectivity index (χ3n) is 6.76. The minimum absolute atomic E-state index is 0.0443. The van der Waals surface area contributed by atoms with Crippen molar-refractivity contribution in [2.24, 2.45) is 7.05 Å². The zero-order valence-corrected chi connectivity index (χ0v) is 19.5. The van der Waals surface area contributed by atoms with Gasteiger partial charge in [-0.2, -0.15) is 9.40 Å². The Morgan fingerprint density at radius 3 is 2.53 bits per heavy atom. The first kappa shape index (κ1) is 21.6. The number of aliphatic hydroxyl groups is 1. The number of ether oxygens (including phenoxy) is 2. The summed E-state index contributed by atoms with van der Waals surface area (Å²) >= 11 is 0. The molecule has 1 saturated carbocycles. The summed E-state index contributed by atoms with van der Waals surface area (Å²) in [7, 11) is -1.96. The van der Waals surface area contributed by atoms with E-state index in [0.717, 1.165) is 29.7 Å². The normalized spacial score (nSPS) is 21.2. The molecule has 1 fully saturated rings. The van der Waals surface area contributed by atoms with Gasteiger partial charge in [-0.05, 0) is 30.1 Å². The number of fused-ring (bicyclic) bond motifs is 1. The van der Waals surface area contributed by atoms with Crippen LogP contribution in [0.4, 0.5) is 0 Å². The Bertz CT molecular complexity index is 1300. The number of aromatic nitrogens is 3. The fourth-order valence-corrected chi connectivity index (χ4v) is 6.17. The van der Waals surface area contributed by atoms with Crippen LogP contribution in [0.25, 0.3) is 0 Å². The van der Waals surface area contributed by atoms with E-state index in [2.05, 4.69) is 10.1 Å². The van der Waals surface area contributed by atoms with Crippen molar-refractivity contribution in [1.82, 2.24) is 24.0 Å². The highest BCUT2D eigenvalue weighted by molar-refractivity contribution is 7.89. The number of hydrogen-bond donors (Lipinski definition) is 1. The highest BCUT2D eigenvalue weighted by Gasteiger charge is 2.40. The quantitative estimate of drug-likeness (QED) is 0.599. The lowest BCUT2D eigenvalue weighted by Crippen LogP contribution is -2.38. The van der Waals surface area contributed by atoms with E-state index in [-0.39, 0.29) is 23.9 Å². The Labute approximate surface area is 196 Å². The summed E-state index contributed by atoms with van der Waals surface area (Å²) in [5.41, 5.74) is 3.17. The maximum atomic E-state index is 13.2. The van der Waals surface area contributed by atoms with Crippen molar-refractivity contribution in [2.45, 2.75) is 29.8 Å². The molecule has 3 aliphatic heterocycles. The molecule has 11 nitrogen and oxygen atoms in total. The van der Waals surface area contributed by atoms with E-state index in [9.17, 15) is 18.3 Å². The summed E-state index contributed by atoms with van der Waals surface area (Å²) in [4.78, 5) is 18.6. The average Bonchev–Trinajstić information content (AvgIpc) is 3.28. The molecule has 5 heterocycles. The first-order valence-corrected chi connectivity index (χ1v) is 12.7. The average molecular weight is 488 g/mol. The second kappa shape index (κ2) is 7.79. The molecule has 6 rings (SSSR count). The van der Waals surface area contributed by atoms with E-state index >= 15 is 0 Å². The Morgan fingerprint density at radius 2 is 1.82 bits per heavy atom. The van der Waals surface area contributed by atoms with Gasteiger partial charge in [0.1, 0.15) is 23.8 Å². The van der Waals surface area contributed by atoms with E-state index in [4.69, 9.17) is 9.47 Å². The summed E-state index contributed by atoms with van der Waals surface area (Å²) in [5, 5.41) is 15.0. The Hall–Kier alpha value is -2.96. The maximum absolute atomic E-state index is 13.2. The molecule has 0 aromatic carbocycles. The molecule has 1 aliphatic carbocycles. The Morgan fingerprint density at radius 1 is 1.12 bits per heavy atom. The summed E-state index contributed by atoms with van der Waals surface area (Å²) in [6.45, 7) is 1.69. The maximum Gasteiger partial charge on any atom is 0.258 e. The zero-order valence-electron chi connectivity index (χ0n) is 18.7. The molecule has 12 heteroatoms. The summed E-state index contributed by atoms with van der Waals surface area (Å²) in [6, 6.07) is 3.25. The minimum Gasteiger partial charge on any atom is -0.484 e. The topological polar surface area (TPSA) is 127 Å². The SMILES string of the molecule is Cn1nc(C(O)C(=O)N2CC3=C(C2)CN(S(=O)(=O)c2cnc4c(c2)OCCO4)C3)cc1C1CC1. The number of carbonyl (C=O) groups is 1. The standard InChI is InChI=1S/C22H25N5O6S/c1-25-18(13-2-3-13)7-17(24-25)20(28)22(29)26-9-14-11-27(12-15(14)10-26)34(30,31)16-6-19-21(23-8-16)33-5-4-32-19/h6-8,13,20,28H,2-5,9-12H2,1H3. The lowest BCUT2D eigenvalue weighted by atomic mass is 10.2. The molecule has 1 N–H and O–H groups in total. The second-order valence-corrected chi connectivity index (χ2v) is 11.1. The lowest BCUT2D eigenvalue weighted by Gasteiger charge is -2.24. The second-order valence-electron chi connectivity index (χ2n) is 9.14. The molecule has 1 atom stereocenters. The molecule has 2 aromatic rings. The van der Waals surface area contributed by atoms with Crippen LogP contribution in [0.1, 0.15) is 36.3 Å². The highest BCUT2D eigenvalue weighted by Crippen LogP contribution is 2.40. The van der Waals surface area contributed by atoms with Gasteiger partial charge >= 0.3 is 0 Å². The third-order valence-corrected chi connectivity index (χ3v) is 8.52. The van der Waals surface area contributed by atoms with Crippen molar-refractivity contribution in [3.8, 4) is 11.6 Å².